The summed E-state index contributed by atoms with van der Waals surface area (Å²) < 4.78 is 10.2. The molecule has 1 aromatic carbocycles. The van der Waals surface area contributed by atoms with Gasteiger partial charge in [0.2, 0.25) is 0 Å². The second kappa shape index (κ2) is 6.38. The van der Waals surface area contributed by atoms with Crippen LogP contribution in [0.2, 0.25) is 0 Å². The van der Waals surface area contributed by atoms with Crippen molar-refractivity contribution in [3.8, 4) is 0 Å². The molecule has 6 heteroatoms. The fourth-order valence-corrected chi connectivity index (χ4v) is 1.80. The molecule has 104 valence electrons. The van der Waals surface area contributed by atoms with Crippen LogP contribution in [0.25, 0.3) is 11.0 Å². The SMILES string of the molecule is CC(C)OCCCCNc1ccc(N)c2nonc12. The summed E-state index contributed by atoms with van der Waals surface area (Å²) in [6, 6.07) is 3.70. The second-order valence-electron chi connectivity index (χ2n) is 4.72. The molecule has 2 aromatic rings. The summed E-state index contributed by atoms with van der Waals surface area (Å²) in [5.41, 5.74) is 8.54. The average molecular weight is 264 g/mol. The van der Waals surface area contributed by atoms with Crippen molar-refractivity contribution in [2.24, 2.45) is 0 Å². The Balaban J connectivity index is 1.82. The van der Waals surface area contributed by atoms with Crippen LogP contribution >= 0.6 is 0 Å². The van der Waals surface area contributed by atoms with Gasteiger partial charge in [-0.25, -0.2) is 4.63 Å². The van der Waals surface area contributed by atoms with E-state index in [0.717, 1.165) is 31.7 Å². The van der Waals surface area contributed by atoms with Crippen LogP contribution in [0.1, 0.15) is 26.7 Å². The zero-order valence-corrected chi connectivity index (χ0v) is 11.3. The maximum Gasteiger partial charge on any atom is 0.160 e. The lowest BCUT2D eigenvalue weighted by molar-refractivity contribution is 0.0765. The van der Waals surface area contributed by atoms with E-state index in [0.29, 0.717) is 22.8 Å². The van der Waals surface area contributed by atoms with Gasteiger partial charge in [-0.3, -0.25) is 0 Å². The Kier molecular flexibility index (Phi) is 4.57. The van der Waals surface area contributed by atoms with Gasteiger partial charge in [-0.05, 0) is 49.1 Å². The lowest BCUT2D eigenvalue weighted by Crippen LogP contribution is -2.07. The monoisotopic (exact) mass is 264 g/mol. The maximum absolute atomic E-state index is 5.79. The van der Waals surface area contributed by atoms with Crippen LogP contribution in [-0.4, -0.2) is 29.6 Å². The number of hydrogen-bond acceptors (Lipinski definition) is 6. The van der Waals surface area contributed by atoms with Crippen LogP contribution in [0, 0.1) is 0 Å². The topological polar surface area (TPSA) is 86.2 Å². The number of ether oxygens (including phenoxy) is 1. The Morgan fingerprint density at radius 2 is 2.05 bits per heavy atom. The number of nitrogens with zero attached hydrogens (tertiary/aromatic N) is 2. The molecule has 0 aliphatic heterocycles. The number of hydrogen-bond donors (Lipinski definition) is 2. The summed E-state index contributed by atoms with van der Waals surface area (Å²) in [6.45, 7) is 5.73. The number of nitrogen functional groups attached to an aromatic ring is 1. The molecule has 0 spiro atoms. The largest absolute Gasteiger partial charge is 0.397 e. The first kappa shape index (κ1) is 13.6. The van der Waals surface area contributed by atoms with E-state index >= 15 is 0 Å². The van der Waals surface area contributed by atoms with Gasteiger partial charge in [0, 0.05) is 13.2 Å². The first-order chi connectivity index (χ1) is 9.18. The molecule has 0 bridgehead atoms. The Morgan fingerprint density at radius 1 is 1.26 bits per heavy atom. The average Bonchev–Trinajstić information content (AvgIpc) is 2.86. The summed E-state index contributed by atoms with van der Waals surface area (Å²) >= 11 is 0. The van der Waals surface area contributed by atoms with Gasteiger partial charge in [-0.15, -0.1) is 0 Å². The number of fused-ring (bicyclic) bond motifs is 1. The number of unbranched alkanes of at least 4 members (excludes halogenated alkanes) is 1. The molecule has 1 heterocycles. The van der Waals surface area contributed by atoms with Gasteiger partial charge in [-0.2, -0.15) is 0 Å². The van der Waals surface area contributed by atoms with Crippen LogP contribution in [-0.2, 0) is 4.74 Å². The Hall–Kier alpha value is -1.82. The first-order valence-electron chi connectivity index (χ1n) is 6.54. The van der Waals surface area contributed by atoms with Gasteiger partial charge in [0.15, 0.2) is 11.0 Å². The Bertz CT molecular complexity index is 524. The third-order valence-corrected chi connectivity index (χ3v) is 2.78. The molecule has 0 unspecified atom stereocenters. The summed E-state index contributed by atoms with van der Waals surface area (Å²) in [5, 5.41) is 11.0. The Labute approximate surface area is 112 Å². The van der Waals surface area contributed by atoms with E-state index in [9.17, 15) is 0 Å². The van der Waals surface area contributed by atoms with Crippen LogP contribution < -0.4 is 11.1 Å². The third-order valence-electron chi connectivity index (χ3n) is 2.78. The molecule has 0 atom stereocenters. The van der Waals surface area contributed by atoms with Crippen molar-refractivity contribution in [3.63, 3.8) is 0 Å². The summed E-state index contributed by atoms with van der Waals surface area (Å²) in [5.74, 6) is 0. The molecular formula is C13H20N4O2. The highest BCUT2D eigenvalue weighted by molar-refractivity contribution is 5.94. The molecule has 2 rings (SSSR count). The normalized spacial score (nSPS) is 11.3. The fraction of sp³-hybridized carbons (Fsp3) is 0.538. The van der Waals surface area contributed by atoms with Crippen LogP contribution in [0.15, 0.2) is 16.8 Å². The lowest BCUT2D eigenvalue weighted by Gasteiger charge is -2.09. The quantitative estimate of drug-likeness (QED) is 0.590. The molecule has 0 radical (unpaired) electrons. The lowest BCUT2D eigenvalue weighted by atomic mass is 10.2. The molecule has 0 saturated carbocycles. The number of aromatic nitrogens is 2. The van der Waals surface area contributed by atoms with E-state index in [1.165, 1.54) is 0 Å². The molecule has 0 aliphatic rings. The van der Waals surface area contributed by atoms with Gasteiger partial charge in [0.25, 0.3) is 0 Å². The fourth-order valence-electron chi connectivity index (χ4n) is 1.80. The van der Waals surface area contributed by atoms with Gasteiger partial charge in [-0.1, -0.05) is 0 Å². The minimum absolute atomic E-state index is 0.297. The highest BCUT2D eigenvalue weighted by Crippen LogP contribution is 2.24. The van der Waals surface area contributed by atoms with Gasteiger partial charge < -0.3 is 15.8 Å². The van der Waals surface area contributed by atoms with Crippen molar-refractivity contribution >= 4 is 22.4 Å². The molecule has 0 aliphatic carbocycles. The Morgan fingerprint density at radius 3 is 2.84 bits per heavy atom. The number of anilines is 2. The van der Waals surface area contributed by atoms with Crippen LogP contribution in [0.4, 0.5) is 11.4 Å². The molecular weight excluding hydrogens is 244 g/mol. The van der Waals surface area contributed by atoms with E-state index in [1.54, 1.807) is 6.07 Å². The smallest absolute Gasteiger partial charge is 0.160 e. The number of benzene rings is 1. The minimum Gasteiger partial charge on any atom is -0.397 e. The molecule has 1 aromatic heterocycles. The molecule has 3 N–H and O–H groups in total. The number of rotatable bonds is 7. The first-order valence-corrected chi connectivity index (χ1v) is 6.54. The molecule has 0 amide bonds. The zero-order chi connectivity index (χ0) is 13.7. The molecule has 6 nitrogen and oxygen atoms in total. The molecule has 19 heavy (non-hydrogen) atoms. The van der Waals surface area contributed by atoms with Crippen molar-refractivity contribution in [3.05, 3.63) is 12.1 Å². The minimum atomic E-state index is 0.297. The van der Waals surface area contributed by atoms with Crippen molar-refractivity contribution in [1.82, 2.24) is 10.3 Å². The standard InChI is InChI=1S/C13H20N4O2/c1-9(2)18-8-4-3-7-15-11-6-5-10(14)12-13(11)17-19-16-12/h5-6,9,15H,3-4,7-8,14H2,1-2H3. The highest BCUT2D eigenvalue weighted by Gasteiger charge is 2.09. The second-order valence-corrected chi connectivity index (χ2v) is 4.72. The van der Waals surface area contributed by atoms with E-state index in [4.69, 9.17) is 15.1 Å². The summed E-state index contributed by atoms with van der Waals surface area (Å²) in [6.07, 6.45) is 2.36. The van der Waals surface area contributed by atoms with Gasteiger partial charge in [0.1, 0.15) is 0 Å². The summed E-state index contributed by atoms with van der Waals surface area (Å²) in [4.78, 5) is 0. The van der Waals surface area contributed by atoms with Crippen molar-refractivity contribution in [1.29, 1.82) is 0 Å². The third kappa shape index (κ3) is 3.57. The van der Waals surface area contributed by atoms with Crippen molar-refractivity contribution < 1.29 is 9.37 Å². The van der Waals surface area contributed by atoms with E-state index < -0.39 is 0 Å². The highest BCUT2D eigenvalue weighted by atomic mass is 16.6. The maximum atomic E-state index is 5.79. The van der Waals surface area contributed by atoms with E-state index in [2.05, 4.69) is 15.6 Å². The van der Waals surface area contributed by atoms with Crippen molar-refractivity contribution in [2.75, 3.05) is 24.2 Å². The number of nitrogens with two attached hydrogens (primary N) is 1. The summed E-state index contributed by atoms with van der Waals surface area (Å²) in [7, 11) is 0. The van der Waals surface area contributed by atoms with E-state index in [-0.39, 0.29) is 0 Å². The predicted octanol–water partition coefficient (Wildman–Crippen LogP) is 2.42. The predicted molar refractivity (Wildman–Crippen MR) is 75.0 cm³/mol. The van der Waals surface area contributed by atoms with Crippen molar-refractivity contribution in [2.45, 2.75) is 32.8 Å². The van der Waals surface area contributed by atoms with Crippen LogP contribution in [0.3, 0.4) is 0 Å². The van der Waals surface area contributed by atoms with Gasteiger partial charge in [0.05, 0.1) is 17.5 Å². The van der Waals surface area contributed by atoms with Crippen LogP contribution in [0.5, 0.6) is 0 Å². The molecule has 0 saturated heterocycles. The van der Waals surface area contributed by atoms with E-state index in [1.807, 2.05) is 19.9 Å². The zero-order valence-electron chi connectivity index (χ0n) is 11.3. The number of nitrogens with one attached hydrogen (secondary N) is 1. The molecule has 0 fully saturated rings. The van der Waals surface area contributed by atoms with Gasteiger partial charge >= 0.3 is 0 Å².